The lowest BCUT2D eigenvalue weighted by atomic mass is 10.2. The highest BCUT2D eigenvalue weighted by atomic mass is 16.5. The van der Waals surface area contributed by atoms with E-state index in [9.17, 15) is 4.79 Å². The Kier molecular flexibility index (Phi) is 8.82. The molecule has 31 heavy (non-hydrogen) atoms. The molecule has 2 aliphatic rings. The molecular weight excluding hydrogens is 394 g/mol. The van der Waals surface area contributed by atoms with Crippen molar-refractivity contribution in [1.29, 1.82) is 0 Å². The number of hydrogen-bond acceptors (Lipinski definition) is 5. The molecule has 1 atom stereocenters. The zero-order chi connectivity index (χ0) is 22.1. The molecule has 0 aliphatic carbocycles. The normalized spacial score (nSPS) is 18.7. The van der Waals surface area contributed by atoms with Crippen LogP contribution < -0.4 is 14.8 Å². The second-order valence-corrected chi connectivity index (χ2v) is 8.08. The third kappa shape index (κ3) is 6.50. The molecule has 1 aromatic rings. The average molecular weight is 432 g/mol. The van der Waals surface area contributed by atoms with Gasteiger partial charge in [-0.25, -0.2) is 0 Å². The first-order chi connectivity index (χ1) is 15.1. The van der Waals surface area contributed by atoms with Crippen molar-refractivity contribution in [3.63, 3.8) is 0 Å². The Balaban J connectivity index is 1.34. The van der Waals surface area contributed by atoms with Crippen molar-refractivity contribution in [3.05, 3.63) is 24.3 Å². The Morgan fingerprint density at radius 1 is 1.03 bits per heavy atom. The number of hydrogen-bond donors (Lipinski definition) is 1. The molecule has 172 valence electrons. The topological polar surface area (TPSA) is 69.6 Å². The van der Waals surface area contributed by atoms with Crippen LogP contribution in [0.2, 0.25) is 0 Å². The SMILES string of the molecule is CN=C(NCCCOc1ccc(OC)cc1)N1CCN(C(C)C(=O)N2CCCC2)CC1. The summed E-state index contributed by atoms with van der Waals surface area (Å²) in [6.07, 6.45) is 3.16. The Labute approximate surface area is 186 Å². The number of likely N-dealkylation sites (tertiary alicyclic amines) is 1. The van der Waals surface area contributed by atoms with Crippen molar-refractivity contribution in [2.24, 2.45) is 4.99 Å². The molecule has 1 amide bonds. The smallest absolute Gasteiger partial charge is 0.239 e. The highest BCUT2D eigenvalue weighted by Gasteiger charge is 2.30. The Morgan fingerprint density at radius 2 is 1.68 bits per heavy atom. The van der Waals surface area contributed by atoms with Gasteiger partial charge in [0, 0.05) is 52.9 Å². The van der Waals surface area contributed by atoms with Gasteiger partial charge in [0.15, 0.2) is 5.96 Å². The Hall–Kier alpha value is -2.48. The number of piperazine rings is 1. The molecule has 0 bridgehead atoms. The highest BCUT2D eigenvalue weighted by Crippen LogP contribution is 2.17. The first-order valence-corrected chi connectivity index (χ1v) is 11.4. The number of nitrogens with one attached hydrogen (secondary N) is 1. The number of aliphatic imine (C=N–C) groups is 1. The summed E-state index contributed by atoms with van der Waals surface area (Å²) in [6, 6.07) is 7.59. The molecule has 2 saturated heterocycles. The molecule has 0 aromatic heterocycles. The maximum absolute atomic E-state index is 12.7. The van der Waals surface area contributed by atoms with E-state index >= 15 is 0 Å². The largest absolute Gasteiger partial charge is 0.497 e. The lowest BCUT2D eigenvalue weighted by Gasteiger charge is -2.39. The van der Waals surface area contributed by atoms with E-state index in [-0.39, 0.29) is 11.9 Å². The van der Waals surface area contributed by atoms with Gasteiger partial charge < -0.3 is 24.6 Å². The predicted molar refractivity (Wildman–Crippen MR) is 123 cm³/mol. The molecule has 0 spiro atoms. The fraction of sp³-hybridized carbons (Fsp3) is 0.652. The van der Waals surface area contributed by atoms with Crippen LogP contribution in [-0.2, 0) is 4.79 Å². The van der Waals surface area contributed by atoms with Crippen LogP contribution in [0.1, 0.15) is 26.2 Å². The number of rotatable bonds is 8. The molecule has 0 radical (unpaired) electrons. The fourth-order valence-electron chi connectivity index (χ4n) is 4.15. The van der Waals surface area contributed by atoms with Crippen LogP contribution in [0.25, 0.3) is 0 Å². The summed E-state index contributed by atoms with van der Waals surface area (Å²) >= 11 is 0. The molecule has 3 rings (SSSR count). The van der Waals surface area contributed by atoms with Crippen LogP contribution in [-0.4, -0.2) is 99.2 Å². The summed E-state index contributed by atoms with van der Waals surface area (Å²) in [5.41, 5.74) is 0. The molecule has 2 aliphatic heterocycles. The second-order valence-electron chi connectivity index (χ2n) is 8.08. The van der Waals surface area contributed by atoms with Crippen LogP contribution in [0.3, 0.4) is 0 Å². The summed E-state index contributed by atoms with van der Waals surface area (Å²) in [5.74, 6) is 2.87. The van der Waals surface area contributed by atoms with Gasteiger partial charge in [-0.3, -0.25) is 14.7 Å². The van der Waals surface area contributed by atoms with Gasteiger partial charge in [-0.15, -0.1) is 0 Å². The minimum Gasteiger partial charge on any atom is -0.497 e. The molecule has 1 aromatic carbocycles. The van der Waals surface area contributed by atoms with Crippen LogP contribution in [0.5, 0.6) is 11.5 Å². The van der Waals surface area contributed by atoms with Gasteiger partial charge >= 0.3 is 0 Å². The molecule has 2 heterocycles. The minimum atomic E-state index is -0.0367. The van der Waals surface area contributed by atoms with Crippen molar-refractivity contribution in [2.45, 2.75) is 32.2 Å². The van der Waals surface area contributed by atoms with Gasteiger partial charge in [0.05, 0.1) is 19.8 Å². The number of nitrogens with zero attached hydrogens (tertiary/aromatic N) is 4. The van der Waals surface area contributed by atoms with Gasteiger partial charge in [0.2, 0.25) is 5.91 Å². The molecule has 8 nitrogen and oxygen atoms in total. The number of methoxy groups -OCH3 is 1. The summed E-state index contributed by atoms with van der Waals surface area (Å²) in [5, 5.41) is 3.44. The third-order valence-electron chi connectivity index (χ3n) is 6.08. The maximum Gasteiger partial charge on any atom is 0.239 e. The van der Waals surface area contributed by atoms with Crippen LogP contribution in [0.4, 0.5) is 0 Å². The van der Waals surface area contributed by atoms with Crippen molar-refractivity contribution < 1.29 is 14.3 Å². The predicted octanol–water partition coefficient (Wildman–Crippen LogP) is 1.67. The van der Waals surface area contributed by atoms with E-state index in [2.05, 4.69) is 20.1 Å². The van der Waals surface area contributed by atoms with Crippen LogP contribution in [0.15, 0.2) is 29.3 Å². The van der Waals surface area contributed by atoms with Crippen molar-refractivity contribution in [3.8, 4) is 11.5 Å². The first kappa shape index (κ1) is 23.2. The van der Waals surface area contributed by atoms with Gasteiger partial charge in [0.25, 0.3) is 0 Å². The summed E-state index contributed by atoms with van der Waals surface area (Å²) in [4.78, 5) is 23.7. The van der Waals surface area contributed by atoms with E-state index in [1.807, 2.05) is 43.1 Å². The van der Waals surface area contributed by atoms with Crippen LogP contribution >= 0.6 is 0 Å². The molecule has 2 fully saturated rings. The van der Waals surface area contributed by atoms with Gasteiger partial charge in [-0.2, -0.15) is 0 Å². The van der Waals surface area contributed by atoms with Crippen molar-refractivity contribution >= 4 is 11.9 Å². The van der Waals surface area contributed by atoms with Crippen LogP contribution in [0, 0.1) is 0 Å². The summed E-state index contributed by atoms with van der Waals surface area (Å²) < 4.78 is 10.9. The Bertz CT molecular complexity index is 710. The quantitative estimate of drug-likeness (QED) is 0.384. The van der Waals surface area contributed by atoms with Crippen molar-refractivity contribution in [1.82, 2.24) is 20.0 Å². The second kappa shape index (κ2) is 11.8. The zero-order valence-electron chi connectivity index (χ0n) is 19.2. The number of benzene rings is 1. The average Bonchev–Trinajstić information content (AvgIpc) is 3.36. The zero-order valence-corrected chi connectivity index (χ0v) is 19.2. The molecule has 1 N–H and O–H groups in total. The number of amides is 1. The molecule has 0 saturated carbocycles. The van der Waals surface area contributed by atoms with Crippen molar-refractivity contribution in [2.75, 3.05) is 66.6 Å². The third-order valence-corrected chi connectivity index (χ3v) is 6.08. The van der Waals surface area contributed by atoms with E-state index in [0.717, 1.165) is 82.5 Å². The lowest BCUT2D eigenvalue weighted by molar-refractivity contribution is -0.135. The molecule has 1 unspecified atom stereocenters. The standard InChI is InChI=1S/C23H37N5O3/c1-19(22(29)27-12-4-5-13-27)26-14-16-28(17-15-26)23(24-2)25-11-6-18-31-21-9-7-20(30-3)8-10-21/h7-10,19H,4-6,11-18H2,1-3H3,(H,24,25). The summed E-state index contributed by atoms with van der Waals surface area (Å²) in [6.45, 7) is 8.83. The monoisotopic (exact) mass is 431 g/mol. The lowest BCUT2D eigenvalue weighted by Crippen LogP contribution is -2.57. The number of carbonyl (C=O) groups excluding carboxylic acids is 1. The van der Waals surface area contributed by atoms with E-state index in [0.29, 0.717) is 6.61 Å². The van der Waals surface area contributed by atoms with E-state index in [4.69, 9.17) is 9.47 Å². The Morgan fingerprint density at radius 3 is 2.29 bits per heavy atom. The number of guanidine groups is 1. The minimum absolute atomic E-state index is 0.0367. The number of ether oxygens (including phenoxy) is 2. The van der Waals surface area contributed by atoms with E-state index in [1.54, 1.807) is 7.11 Å². The van der Waals surface area contributed by atoms with E-state index in [1.165, 1.54) is 0 Å². The van der Waals surface area contributed by atoms with E-state index < -0.39 is 0 Å². The molecule has 8 heteroatoms. The fourth-order valence-corrected chi connectivity index (χ4v) is 4.15. The van der Waals surface area contributed by atoms with Gasteiger partial charge in [0.1, 0.15) is 11.5 Å². The highest BCUT2D eigenvalue weighted by molar-refractivity contribution is 5.82. The maximum atomic E-state index is 12.7. The summed E-state index contributed by atoms with van der Waals surface area (Å²) in [7, 11) is 3.48. The van der Waals surface area contributed by atoms with Gasteiger partial charge in [-0.05, 0) is 50.5 Å². The first-order valence-electron chi connectivity index (χ1n) is 11.4. The van der Waals surface area contributed by atoms with Gasteiger partial charge in [-0.1, -0.05) is 0 Å². The number of carbonyl (C=O) groups is 1. The molecular formula is C23H37N5O3.